The number of aromatic nitrogens is 4. The maximum Gasteiger partial charge on any atom is 0.277 e. The van der Waals surface area contributed by atoms with Crippen molar-refractivity contribution in [1.82, 2.24) is 19.3 Å². The van der Waals surface area contributed by atoms with Gasteiger partial charge in [0.2, 0.25) is 0 Å². The molecule has 2 rings (SSSR count). The third-order valence-corrected chi connectivity index (χ3v) is 3.78. The molecule has 0 aliphatic heterocycles. The summed E-state index contributed by atoms with van der Waals surface area (Å²) >= 11 is 0. The Morgan fingerprint density at radius 3 is 2.48 bits per heavy atom. The largest absolute Gasteiger partial charge is 0.320 e. The Kier molecular flexibility index (Phi) is 4.63. The number of carbonyl (C=O) groups is 1. The maximum absolute atomic E-state index is 12.6. The number of nitrogens with one attached hydrogen (secondary N) is 1. The Hall–Kier alpha value is -2.11. The predicted octanol–water partition coefficient (Wildman–Crippen LogP) is 3.31. The lowest BCUT2D eigenvalue weighted by Crippen LogP contribution is -2.26. The van der Waals surface area contributed by atoms with E-state index in [0.717, 1.165) is 23.6 Å². The van der Waals surface area contributed by atoms with E-state index in [2.05, 4.69) is 50.0 Å². The third kappa shape index (κ3) is 3.46. The summed E-state index contributed by atoms with van der Waals surface area (Å²) in [4.78, 5) is 16.9. The minimum absolute atomic E-state index is 0.167. The summed E-state index contributed by atoms with van der Waals surface area (Å²) in [5.41, 5.74) is 2.20. The van der Waals surface area contributed by atoms with Gasteiger partial charge in [-0.1, -0.05) is 20.8 Å². The highest BCUT2D eigenvalue weighted by Crippen LogP contribution is 2.24. The molecule has 0 saturated heterocycles. The van der Waals surface area contributed by atoms with Crippen molar-refractivity contribution in [3.63, 3.8) is 0 Å². The second-order valence-corrected chi connectivity index (χ2v) is 7.15. The van der Waals surface area contributed by atoms with Crippen LogP contribution in [0.3, 0.4) is 0 Å². The van der Waals surface area contributed by atoms with E-state index >= 15 is 0 Å². The van der Waals surface area contributed by atoms with E-state index in [1.807, 2.05) is 29.3 Å². The summed E-state index contributed by atoms with van der Waals surface area (Å²) in [7, 11) is 1.87. The van der Waals surface area contributed by atoms with E-state index in [-0.39, 0.29) is 11.4 Å². The quantitative estimate of drug-likeness (QED) is 0.941. The Labute approximate surface area is 137 Å². The molecule has 2 aromatic heterocycles. The van der Waals surface area contributed by atoms with Crippen LogP contribution in [0.1, 0.15) is 69.3 Å². The molecule has 2 aromatic rings. The van der Waals surface area contributed by atoms with Gasteiger partial charge in [0.05, 0.1) is 17.6 Å². The average molecular weight is 317 g/mol. The van der Waals surface area contributed by atoms with Gasteiger partial charge >= 0.3 is 0 Å². The first-order valence-corrected chi connectivity index (χ1v) is 8.07. The molecule has 126 valence electrons. The SMILES string of the molecule is CCc1ncn(C)c1NC(=O)c1cc(C(C)C)n(C(C)(C)C)n1. The van der Waals surface area contributed by atoms with Crippen LogP contribution in [0.2, 0.25) is 0 Å². The van der Waals surface area contributed by atoms with Gasteiger partial charge in [-0.25, -0.2) is 4.98 Å². The van der Waals surface area contributed by atoms with E-state index in [1.165, 1.54) is 0 Å². The number of hydrogen-bond acceptors (Lipinski definition) is 3. The second-order valence-electron chi connectivity index (χ2n) is 7.15. The summed E-state index contributed by atoms with van der Waals surface area (Å²) in [5.74, 6) is 0.827. The molecule has 0 atom stereocenters. The highest BCUT2D eigenvalue weighted by molar-refractivity contribution is 6.02. The van der Waals surface area contributed by atoms with Gasteiger partial charge in [0.25, 0.3) is 5.91 Å². The smallest absolute Gasteiger partial charge is 0.277 e. The molecule has 0 fully saturated rings. The van der Waals surface area contributed by atoms with Gasteiger partial charge in [-0.15, -0.1) is 0 Å². The lowest BCUT2D eigenvalue weighted by molar-refractivity contribution is 0.102. The van der Waals surface area contributed by atoms with Crippen molar-refractivity contribution in [2.75, 3.05) is 5.32 Å². The zero-order valence-electron chi connectivity index (χ0n) is 15.1. The lowest BCUT2D eigenvalue weighted by atomic mass is 10.1. The topological polar surface area (TPSA) is 64.7 Å². The lowest BCUT2D eigenvalue weighted by Gasteiger charge is -2.23. The van der Waals surface area contributed by atoms with Crippen LogP contribution >= 0.6 is 0 Å². The molecule has 0 aliphatic carbocycles. The molecule has 0 unspecified atom stereocenters. The van der Waals surface area contributed by atoms with Crippen molar-refractivity contribution in [2.45, 2.75) is 59.4 Å². The van der Waals surface area contributed by atoms with Gasteiger partial charge in [-0.05, 0) is 39.2 Å². The van der Waals surface area contributed by atoms with Crippen molar-refractivity contribution < 1.29 is 4.79 Å². The molecule has 2 heterocycles. The molecule has 0 aromatic carbocycles. The molecular weight excluding hydrogens is 290 g/mol. The van der Waals surface area contributed by atoms with Gasteiger partial charge < -0.3 is 9.88 Å². The number of amides is 1. The van der Waals surface area contributed by atoms with E-state index in [0.29, 0.717) is 11.6 Å². The molecule has 0 bridgehead atoms. The number of hydrogen-bond donors (Lipinski definition) is 1. The Balaban J connectivity index is 2.35. The molecule has 0 spiro atoms. The van der Waals surface area contributed by atoms with Gasteiger partial charge in [-0.3, -0.25) is 9.48 Å². The highest BCUT2D eigenvalue weighted by atomic mass is 16.2. The standard InChI is InChI=1S/C17H27N5O/c1-8-12-15(21(7)10-18-12)19-16(23)13-9-14(11(2)3)22(20-13)17(4,5)6/h9-11H,8H2,1-7H3,(H,19,23). The van der Waals surface area contributed by atoms with Crippen LogP contribution in [0, 0.1) is 0 Å². The third-order valence-electron chi connectivity index (χ3n) is 3.78. The van der Waals surface area contributed by atoms with Crippen molar-refractivity contribution in [3.05, 3.63) is 29.5 Å². The van der Waals surface area contributed by atoms with Crippen LogP contribution in [0.4, 0.5) is 5.82 Å². The van der Waals surface area contributed by atoms with Gasteiger partial charge in [0, 0.05) is 12.7 Å². The normalized spacial score (nSPS) is 12.0. The van der Waals surface area contributed by atoms with Crippen LogP contribution in [0.5, 0.6) is 0 Å². The number of imidazole rings is 1. The number of carbonyl (C=O) groups excluding carboxylic acids is 1. The zero-order chi connectivity index (χ0) is 17.4. The van der Waals surface area contributed by atoms with Crippen LogP contribution in [0.15, 0.2) is 12.4 Å². The van der Waals surface area contributed by atoms with Crippen LogP contribution in [0.25, 0.3) is 0 Å². The Bertz CT molecular complexity index is 703. The Morgan fingerprint density at radius 2 is 2.00 bits per heavy atom. The molecule has 0 aliphatic rings. The fraction of sp³-hybridized carbons (Fsp3) is 0.588. The molecule has 6 nitrogen and oxygen atoms in total. The molecule has 0 radical (unpaired) electrons. The fourth-order valence-corrected chi connectivity index (χ4v) is 2.52. The van der Waals surface area contributed by atoms with E-state index in [4.69, 9.17) is 0 Å². The van der Waals surface area contributed by atoms with Gasteiger partial charge in [-0.2, -0.15) is 5.10 Å². The van der Waals surface area contributed by atoms with Crippen molar-refractivity contribution in [1.29, 1.82) is 0 Å². The fourth-order valence-electron chi connectivity index (χ4n) is 2.52. The van der Waals surface area contributed by atoms with Crippen LogP contribution in [-0.2, 0) is 19.0 Å². The van der Waals surface area contributed by atoms with E-state index in [9.17, 15) is 4.79 Å². The number of anilines is 1. The molecule has 0 saturated carbocycles. The van der Waals surface area contributed by atoms with Crippen LogP contribution in [-0.4, -0.2) is 25.2 Å². The first-order valence-electron chi connectivity index (χ1n) is 8.07. The molecule has 1 N–H and O–H groups in total. The summed E-state index contributed by atoms with van der Waals surface area (Å²) in [5, 5.41) is 7.49. The molecule has 1 amide bonds. The first kappa shape index (κ1) is 17.2. The zero-order valence-corrected chi connectivity index (χ0v) is 15.1. The number of aryl methyl sites for hydroxylation is 2. The second kappa shape index (κ2) is 6.18. The average Bonchev–Trinajstić information content (AvgIpc) is 3.03. The van der Waals surface area contributed by atoms with Gasteiger partial charge in [0.1, 0.15) is 5.82 Å². The Morgan fingerprint density at radius 1 is 1.35 bits per heavy atom. The summed E-state index contributed by atoms with van der Waals surface area (Å²) in [6.45, 7) is 12.5. The number of nitrogens with zero attached hydrogens (tertiary/aromatic N) is 4. The minimum Gasteiger partial charge on any atom is -0.320 e. The van der Waals surface area contributed by atoms with Crippen molar-refractivity contribution in [2.24, 2.45) is 7.05 Å². The molecular formula is C17H27N5O. The van der Waals surface area contributed by atoms with Gasteiger partial charge in [0.15, 0.2) is 5.69 Å². The van der Waals surface area contributed by atoms with Crippen LogP contribution < -0.4 is 5.32 Å². The van der Waals surface area contributed by atoms with Crippen molar-refractivity contribution >= 4 is 11.7 Å². The summed E-state index contributed by atoms with van der Waals surface area (Å²) in [6.07, 6.45) is 2.48. The van der Waals surface area contributed by atoms with Crippen molar-refractivity contribution in [3.8, 4) is 0 Å². The molecule has 23 heavy (non-hydrogen) atoms. The first-order chi connectivity index (χ1) is 10.6. The summed E-state index contributed by atoms with van der Waals surface area (Å²) < 4.78 is 3.76. The van der Waals surface area contributed by atoms with E-state index in [1.54, 1.807) is 6.33 Å². The summed E-state index contributed by atoms with van der Waals surface area (Å²) in [6, 6.07) is 1.88. The van der Waals surface area contributed by atoms with E-state index < -0.39 is 0 Å². The molecule has 6 heteroatoms. The monoisotopic (exact) mass is 317 g/mol. The minimum atomic E-state index is -0.201. The predicted molar refractivity (Wildman–Crippen MR) is 91.9 cm³/mol. The maximum atomic E-state index is 12.6. The highest BCUT2D eigenvalue weighted by Gasteiger charge is 2.24. The number of rotatable bonds is 4.